The lowest BCUT2D eigenvalue weighted by atomic mass is 9.82. The quantitative estimate of drug-likeness (QED) is 0.516. The van der Waals surface area contributed by atoms with Gasteiger partial charge in [0.15, 0.2) is 0 Å². The molecule has 0 aromatic carbocycles. The highest BCUT2D eigenvalue weighted by Gasteiger charge is 2.28. The third-order valence-electron chi connectivity index (χ3n) is 2.88. The molecule has 0 bridgehead atoms. The Morgan fingerprint density at radius 2 is 1.44 bits per heavy atom. The Kier molecular flexibility index (Phi) is 1.46. The summed E-state index contributed by atoms with van der Waals surface area (Å²) in [6.07, 6.45) is 5.97. The molecular weight excluding hydrogens is 110 g/mol. The number of hydrogen-bond acceptors (Lipinski definition) is 1. The Hall–Kier alpha value is -0.0400. The normalized spacial score (nSPS) is 42.7. The molecule has 1 aliphatic carbocycles. The summed E-state index contributed by atoms with van der Waals surface area (Å²) in [5.74, 6) is 2.11. The molecule has 1 heterocycles. The van der Waals surface area contributed by atoms with Gasteiger partial charge in [0, 0.05) is 0 Å². The minimum Gasteiger partial charge on any atom is -0.316 e. The van der Waals surface area contributed by atoms with Crippen LogP contribution >= 0.6 is 0 Å². The molecule has 1 aliphatic heterocycles. The Bertz CT molecular complexity index is 88.7. The van der Waals surface area contributed by atoms with Gasteiger partial charge >= 0.3 is 0 Å². The standard InChI is InChI=1S/C8H15N/c1-2-4-8-6-9-5-7(8)3-1/h7-9H,1-6H2/t7-,8-/m0/s1. The minimum absolute atomic E-state index is 1.05. The minimum atomic E-state index is 1.05. The van der Waals surface area contributed by atoms with Gasteiger partial charge in [0.1, 0.15) is 0 Å². The van der Waals surface area contributed by atoms with Crippen molar-refractivity contribution in [3.63, 3.8) is 0 Å². The van der Waals surface area contributed by atoms with Gasteiger partial charge in [-0.3, -0.25) is 0 Å². The van der Waals surface area contributed by atoms with Gasteiger partial charge in [0.25, 0.3) is 0 Å². The van der Waals surface area contributed by atoms with Gasteiger partial charge in [0.05, 0.1) is 0 Å². The van der Waals surface area contributed by atoms with E-state index < -0.39 is 0 Å². The second-order valence-corrected chi connectivity index (χ2v) is 3.46. The molecule has 2 rings (SSSR count). The Morgan fingerprint density at radius 3 is 2.00 bits per heavy atom. The first kappa shape index (κ1) is 5.72. The zero-order valence-electron chi connectivity index (χ0n) is 5.90. The van der Waals surface area contributed by atoms with Crippen molar-refractivity contribution < 1.29 is 0 Å². The molecule has 2 atom stereocenters. The highest BCUT2D eigenvalue weighted by molar-refractivity contribution is 4.83. The van der Waals surface area contributed by atoms with Crippen molar-refractivity contribution in [2.75, 3.05) is 13.1 Å². The smallest absolute Gasteiger partial charge is 0.00173 e. The van der Waals surface area contributed by atoms with Crippen molar-refractivity contribution in [2.45, 2.75) is 25.7 Å². The first-order chi connectivity index (χ1) is 4.47. The third kappa shape index (κ3) is 0.983. The average Bonchev–Trinajstić information content (AvgIpc) is 2.33. The van der Waals surface area contributed by atoms with Gasteiger partial charge in [-0.15, -0.1) is 0 Å². The number of hydrogen-bond donors (Lipinski definition) is 1. The van der Waals surface area contributed by atoms with E-state index >= 15 is 0 Å². The first-order valence-corrected chi connectivity index (χ1v) is 4.17. The van der Waals surface area contributed by atoms with Crippen LogP contribution in [-0.4, -0.2) is 13.1 Å². The van der Waals surface area contributed by atoms with E-state index in [0.717, 1.165) is 11.8 Å². The summed E-state index contributed by atoms with van der Waals surface area (Å²) in [5.41, 5.74) is 0. The second-order valence-electron chi connectivity index (χ2n) is 3.46. The van der Waals surface area contributed by atoms with Crippen molar-refractivity contribution in [2.24, 2.45) is 11.8 Å². The molecule has 2 aliphatic rings. The van der Waals surface area contributed by atoms with Crippen LogP contribution in [0.5, 0.6) is 0 Å². The van der Waals surface area contributed by atoms with E-state index in [-0.39, 0.29) is 0 Å². The van der Waals surface area contributed by atoms with E-state index in [4.69, 9.17) is 0 Å². The van der Waals surface area contributed by atoms with Gasteiger partial charge in [-0.2, -0.15) is 0 Å². The molecule has 0 spiro atoms. The zero-order chi connectivity index (χ0) is 6.10. The summed E-state index contributed by atoms with van der Waals surface area (Å²) < 4.78 is 0. The van der Waals surface area contributed by atoms with Gasteiger partial charge in [-0.05, 0) is 37.8 Å². The summed E-state index contributed by atoms with van der Waals surface area (Å²) in [5, 5.41) is 3.46. The molecule has 1 saturated heterocycles. The first-order valence-electron chi connectivity index (χ1n) is 4.17. The topological polar surface area (TPSA) is 12.0 Å². The molecule has 0 radical (unpaired) electrons. The van der Waals surface area contributed by atoms with Crippen LogP contribution in [0.3, 0.4) is 0 Å². The average molecular weight is 125 g/mol. The molecule has 9 heavy (non-hydrogen) atoms. The van der Waals surface area contributed by atoms with Crippen LogP contribution < -0.4 is 5.32 Å². The number of nitrogens with one attached hydrogen (secondary N) is 1. The van der Waals surface area contributed by atoms with Crippen LogP contribution in [0.1, 0.15) is 25.7 Å². The van der Waals surface area contributed by atoms with Crippen LogP contribution in [0.15, 0.2) is 0 Å². The van der Waals surface area contributed by atoms with Crippen LogP contribution in [-0.2, 0) is 0 Å². The van der Waals surface area contributed by atoms with Crippen molar-refractivity contribution in [1.82, 2.24) is 5.32 Å². The lowest BCUT2D eigenvalue weighted by Gasteiger charge is -2.23. The third-order valence-corrected chi connectivity index (χ3v) is 2.88. The van der Waals surface area contributed by atoms with Crippen LogP contribution in [0, 0.1) is 11.8 Å². The van der Waals surface area contributed by atoms with E-state index in [0.29, 0.717) is 0 Å². The summed E-state index contributed by atoms with van der Waals surface area (Å²) in [6, 6.07) is 0. The molecule has 2 fully saturated rings. The Labute approximate surface area is 56.8 Å². The SMILES string of the molecule is C1CC[C@H]2CNC[C@@H]2C1. The van der Waals surface area contributed by atoms with Crippen LogP contribution in [0.25, 0.3) is 0 Å². The number of fused-ring (bicyclic) bond motifs is 1. The van der Waals surface area contributed by atoms with E-state index in [1.54, 1.807) is 0 Å². The predicted molar refractivity (Wildman–Crippen MR) is 38.3 cm³/mol. The fourth-order valence-electron chi connectivity index (χ4n) is 2.28. The maximum absolute atomic E-state index is 3.46. The van der Waals surface area contributed by atoms with E-state index in [9.17, 15) is 0 Å². The largest absolute Gasteiger partial charge is 0.316 e. The molecule has 52 valence electrons. The van der Waals surface area contributed by atoms with Gasteiger partial charge < -0.3 is 5.32 Å². The van der Waals surface area contributed by atoms with Crippen LogP contribution in [0.2, 0.25) is 0 Å². The maximum Gasteiger partial charge on any atom is -0.00173 e. The number of rotatable bonds is 0. The fraction of sp³-hybridized carbons (Fsp3) is 1.00. The van der Waals surface area contributed by atoms with Gasteiger partial charge in [0.2, 0.25) is 0 Å². The molecule has 0 amide bonds. The maximum atomic E-state index is 3.46. The summed E-state index contributed by atoms with van der Waals surface area (Å²) >= 11 is 0. The molecule has 0 aromatic rings. The molecule has 1 heteroatoms. The molecule has 1 nitrogen and oxygen atoms in total. The highest BCUT2D eigenvalue weighted by Crippen LogP contribution is 2.31. The van der Waals surface area contributed by atoms with Crippen molar-refractivity contribution in [1.29, 1.82) is 0 Å². The summed E-state index contributed by atoms with van der Waals surface area (Å²) in [6.45, 7) is 2.62. The Morgan fingerprint density at radius 1 is 0.889 bits per heavy atom. The van der Waals surface area contributed by atoms with Gasteiger partial charge in [-0.1, -0.05) is 12.8 Å². The predicted octanol–water partition coefficient (Wildman–Crippen LogP) is 1.40. The molecule has 1 saturated carbocycles. The van der Waals surface area contributed by atoms with Crippen molar-refractivity contribution in [3.8, 4) is 0 Å². The van der Waals surface area contributed by atoms with E-state index in [2.05, 4.69) is 5.32 Å². The molecule has 0 aromatic heterocycles. The molecule has 0 unspecified atom stereocenters. The lowest BCUT2D eigenvalue weighted by molar-refractivity contribution is 0.299. The summed E-state index contributed by atoms with van der Waals surface area (Å²) in [4.78, 5) is 0. The van der Waals surface area contributed by atoms with Crippen molar-refractivity contribution in [3.05, 3.63) is 0 Å². The fourth-order valence-corrected chi connectivity index (χ4v) is 2.28. The zero-order valence-corrected chi connectivity index (χ0v) is 5.90. The second kappa shape index (κ2) is 2.30. The molecular formula is C8H15N. The van der Waals surface area contributed by atoms with E-state index in [1.165, 1.54) is 38.8 Å². The summed E-state index contributed by atoms with van der Waals surface area (Å²) in [7, 11) is 0. The Balaban J connectivity index is 1.97. The molecule has 1 N–H and O–H groups in total. The van der Waals surface area contributed by atoms with Crippen molar-refractivity contribution >= 4 is 0 Å². The van der Waals surface area contributed by atoms with Gasteiger partial charge in [-0.25, -0.2) is 0 Å². The lowest BCUT2D eigenvalue weighted by Crippen LogP contribution is -2.16. The highest BCUT2D eigenvalue weighted by atomic mass is 14.9. The van der Waals surface area contributed by atoms with Crippen LogP contribution in [0.4, 0.5) is 0 Å². The van der Waals surface area contributed by atoms with E-state index in [1.807, 2.05) is 0 Å². The monoisotopic (exact) mass is 125 g/mol.